The van der Waals surface area contributed by atoms with Gasteiger partial charge in [-0.1, -0.05) is 30.3 Å². The standard InChI is InChI=1S/C10H13ClO/c1-2-12-10(8-11)9-6-4-3-5-7-9/h3-7,10H,2,8H2,1H3/t10-/m1/s1. The van der Waals surface area contributed by atoms with Gasteiger partial charge in [-0.2, -0.15) is 0 Å². The van der Waals surface area contributed by atoms with Crippen molar-refractivity contribution in [2.75, 3.05) is 12.5 Å². The molecule has 2 heteroatoms. The first-order chi connectivity index (χ1) is 5.88. The molecule has 0 spiro atoms. The van der Waals surface area contributed by atoms with Gasteiger partial charge in [0.15, 0.2) is 0 Å². The summed E-state index contributed by atoms with van der Waals surface area (Å²) in [5.74, 6) is 0.512. The molecule has 0 aromatic heterocycles. The fraction of sp³-hybridized carbons (Fsp3) is 0.400. The maximum Gasteiger partial charge on any atom is 0.0959 e. The minimum Gasteiger partial charge on any atom is -0.373 e. The summed E-state index contributed by atoms with van der Waals surface area (Å²) in [6.07, 6.45) is 0.0397. The molecule has 1 aromatic rings. The van der Waals surface area contributed by atoms with Crippen LogP contribution in [0.3, 0.4) is 0 Å². The van der Waals surface area contributed by atoms with Gasteiger partial charge < -0.3 is 4.74 Å². The van der Waals surface area contributed by atoms with Crippen LogP contribution >= 0.6 is 11.6 Å². The molecule has 0 unspecified atom stereocenters. The van der Waals surface area contributed by atoms with E-state index in [-0.39, 0.29) is 6.10 Å². The highest BCUT2D eigenvalue weighted by atomic mass is 35.5. The summed E-state index contributed by atoms with van der Waals surface area (Å²) >= 11 is 5.76. The maximum atomic E-state index is 5.76. The van der Waals surface area contributed by atoms with Crippen molar-refractivity contribution in [3.8, 4) is 0 Å². The van der Waals surface area contributed by atoms with Crippen molar-refractivity contribution >= 4 is 11.6 Å². The molecule has 12 heavy (non-hydrogen) atoms. The highest BCUT2D eigenvalue weighted by Crippen LogP contribution is 2.17. The van der Waals surface area contributed by atoms with Crippen LogP contribution in [0.2, 0.25) is 0 Å². The third kappa shape index (κ3) is 2.50. The smallest absolute Gasteiger partial charge is 0.0959 e. The largest absolute Gasteiger partial charge is 0.373 e. The van der Waals surface area contributed by atoms with Crippen LogP contribution in [-0.4, -0.2) is 12.5 Å². The molecule has 66 valence electrons. The SMILES string of the molecule is CCO[C@H](CCl)c1ccccc1. The van der Waals surface area contributed by atoms with Crippen molar-refractivity contribution in [2.45, 2.75) is 13.0 Å². The lowest BCUT2D eigenvalue weighted by molar-refractivity contribution is 0.0788. The first-order valence-corrected chi connectivity index (χ1v) is 4.64. The van der Waals surface area contributed by atoms with E-state index in [1.54, 1.807) is 0 Å². The molecule has 0 saturated heterocycles. The molecular formula is C10H13ClO. The Bertz CT molecular complexity index is 210. The second-order valence-corrected chi connectivity index (χ2v) is 2.82. The monoisotopic (exact) mass is 184 g/mol. The van der Waals surface area contributed by atoms with Gasteiger partial charge in [0.2, 0.25) is 0 Å². The molecule has 0 aliphatic carbocycles. The van der Waals surface area contributed by atoms with Gasteiger partial charge in [0.1, 0.15) is 0 Å². The highest BCUT2D eigenvalue weighted by Gasteiger charge is 2.07. The molecule has 1 nitrogen and oxygen atoms in total. The summed E-state index contributed by atoms with van der Waals surface area (Å²) in [5, 5.41) is 0. The number of halogens is 1. The zero-order chi connectivity index (χ0) is 8.81. The van der Waals surface area contributed by atoms with E-state index in [9.17, 15) is 0 Å². The van der Waals surface area contributed by atoms with E-state index in [1.807, 2.05) is 37.3 Å². The molecule has 0 N–H and O–H groups in total. The molecule has 0 bridgehead atoms. The first-order valence-electron chi connectivity index (χ1n) is 4.11. The van der Waals surface area contributed by atoms with E-state index >= 15 is 0 Å². The summed E-state index contributed by atoms with van der Waals surface area (Å²) in [4.78, 5) is 0. The molecule has 0 heterocycles. The summed E-state index contributed by atoms with van der Waals surface area (Å²) in [5.41, 5.74) is 1.15. The highest BCUT2D eigenvalue weighted by molar-refractivity contribution is 6.18. The summed E-state index contributed by atoms with van der Waals surface area (Å²) < 4.78 is 5.45. The summed E-state index contributed by atoms with van der Waals surface area (Å²) in [6, 6.07) is 10.0. The quantitative estimate of drug-likeness (QED) is 0.654. The molecule has 0 fully saturated rings. The lowest BCUT2D eigenvalue weighted by Gasteiger charge is -2.13. The first kappa shape index (κ1) is 9.56. The van der Waals surface area contributed by atoms with Gasteiger partial charge in [0.05, 0.1) is 12.0 Å². The molecule has 1 rings (SSSR count). The predicted octanol–water partition coefficient (Wildman–Crippen LogP) is 3.00. The minimum absolute atomic E-state index is 0.0397. The summed E-state index contributed by atoms with van der Waals surface area (Å²) in [6.45, 7) is 2.68. The molecule has 1 atom stereocenters. The van der Waals surface area contributed by atoms with Crippen LogP contribution in [0.25, 0.3) is 0 Å². The Morgan fingerprint density at radius 3 is 2.50 bits per heavy atom. The molecule has 0 aliphatic heterocycles. The Hall–Kier alpha value is -0.530. The van der Waals surface area contributed by atoms with E-state index in [0.29, 0.717) is 12.5 Å². The van der Waals surface area contributed by atoms with Gasteiger partial charge >= 0.3 is 0 Å². The third-order valence-electron chi connectivity index (χ3n) is 1.68. The molecule has 0 radical (unpaired) electrons. The Balaban J connectivity index is 2.66. The van der Waals surface area contributed by atoms with Crippen molar-refractivity contribution in [3.05, 3.63) is 35.9 Å². The number of hydrogen-bond acceptors (Lipinski definition) is 1. The fourth-order valence-electron chi connectivity index (χ4n) is 1.10. The van der Waals surface area contributed by atoms with Crippen LogP contribution in [0, 0.1) is 0 Å². The molecule has 0 amide bonds. The van der Waals surface area contributed by atoms with Crippen LogP contribution in [0.15, 0.2) is 30.3 Å². The van der Waals surface area contributed by atoms with Crippen molar-refractivity contribution < 1.29 is 4.74 Å². The molecular weight excluding hydrogens is 172 g/mol. The van der Waals surface area contributed by atoms with Gasteiger partial charge in [-0.15, -0.1) is 11.6 Å². The van der Waals surface area contributed by atoms with Crippen LogP contribution < -0.4 is 0 Å². The van der Waals surface area contributed by atoms with E-state index in [1.165, 1.54) is 0 Å². The Labute approximate surface area is 78.3 Å². The molecule has 0 aliphatic rings. The minimum atomic E-state index is 0.0397. The lowest BCUT2D eigenvalue weighted by Crippen LogP contribution is -2.05. The average Bonchev–Trinajstić information content (AvgIpc) is 2.15. The van der Waals surface area contributed by atoms with Crippen LogP contribution in [0.4, 0.5) is 0 Å². The van der Waals surface area contributed by atoms with Gasteiger partial charge in [-0.3, -0.25) is 0 Å². The number of ether oxygens (including phenoxy) is 1. The number of rotatable bonds is 4. The van der Waals surface area contributed by atoms with Gasteiger partial charge in [-0.05, 0) is 12.5 Å². The Kier molecular flexibility index (Phi) is 4.12. The Morgan fingerprint density at radius 2 is 2.00 bits per heavy atom. The van der Waals surface area contributed by atoms with Crippen LogP contribution in [0.5, 0.6) is 0 Å². The third-order valence-corrected chi connectivity index (χ3v) is 1.96. The number of hydrogen-bond donors (Lipinski definition) is 0. The topological polar surface area (TPSA) is 9.23 Å². The van der Waals surface area contributed by atoms with E-state index in [2.05, 4.69) is 0 Å². The Morgan fingerprint density at radius 1 is 1.33 bits per heavy atom. The number of benzene rings is 1. The van der Waals surface area contributed by atoms with E-state index < -0.39 is 0 Å². The average molecular weight is 185 g/mol. The second-order valence-electron chi connectivity index (χ2n) is 2.51. The van der Waals surface area contributed by atoms with Crippen molar-refractivity contribution in [1.29, 1.82) is 0 Å². The fourth-order valence-corrected chi connectivity index (χ4v) is 1.37. The molecule has 1 aromatic carbocycles. The van der Waals surface area contributed by atoms with Crippen molar-refractivity contribution in [3.63, 3.8) is 0 Å². The van der Waals surface area contributed by atoms with E-state index in [4.69, 9.17) is 16.3 Å². The van der Waals surface area contributed by atoms with Gasteiger partial charge in [0, 0.05) is 6.61 Å². The lowest BCUT2D eigenvalue weighted by atomic mass is 10.1. The molecule has 0 saturated carbocycles. The second kappa shape index (κ2) is 5.18. The van der Waals surface area contributed by atoms with Crippen molar-refractivity contribution in [2.24, 2.45) is 0 Å². The van der Waals surface area contributed by atoms with Gasteiger partial charge in [-0.25, -0.2) is 0 Å². The van der Waals surface area contributed by atoms with Crippen LogP contribution in [0.1, 0.15) is 18.6 Å². The predicted molar refractivity (Wildman–Crippen MR) is 51.5 cm³/mol. The zero-order valence-corrected chi connectivity index (χ0v) is 7.92. The van der Waals surface area contributed by atoms with Crippen molar-refractivity contribution in [1.82, 2.24) is 0 Å². The van der Waals surface area contributed by atoms with Gasteiger partial charge in [0.25, 0.3) is 0 Å². The van der Waals surface area contributed by atoms with Crippen LogP contribution in [-0.2, 0) is 4.74 Å². The van der Waals surface area contributed by atoms with E-state index in [0.717, 1.165) is 5.56 Å². The normalized spacial score (nSPS) is 12.8. The zero-order valence-electron chi connectivity index (χ0n) is 7.16. The number of alkyl halides is 1. The maximum absolute atomic E-state index is 5.76. The summed E-state index contributed by atoms with van der Waals surface area (Å²) in [7, 11) is 0.